The maximum atomic E-state index is 15.3. The number of phenolic OH excluding ortho intramolecular Hbond substituents is 1. The van der Waals surface area contributed by atoms with Crippen LogP contribution in [0.15, 0.2) is 35.3 Å². The number of ether oxygens (including phenoxy) is 2. The molecule has 2 aliphatic heterocycles. The molecular weight excluding hydrogens is 585 g/mol. The first kappa shape index (κ1) is 32.1. The Kier molecular flexibility index (Phi) is 8.89. The number of nitrogens with zero attached hydrogens (tertiary/aromatic N) is 4. The Hall–Kier alpha value is -3.86. The minimum Gasteiger partial charge on any atom is -0.508 e. The lowest BCUT2D eigenvalue weighted by Crippen LogP contribution is -2.46. The first-order valence-electron chi connectivity index (χ1n) is 16.3. The lowest BCUT2D eigenvalue weighted by atomic mass is 9.78. The van der Waals surface area contributed by atoms with Crippen molar-refractivity contribution in [2.75, 3.05) is 44.4 Å². The van der Waals surface area contributed by atoms with Crippen molar-refractivity contribution in [3.8, 4) is 11.8 Å². The molecule has 1 aliphatic carbocycles. The third kappa shape index (κ3) is 6.01. The third-order valence-electron chi connectivity index (χ3n) is 8.90. The monoisotopic (exact) mass is 629 g/mol. The number of fused-ring (bicyclic) bond motifs is 2. The number of rotatable bonds is 7. The van der Waals surface area contributed by atoms with Gasteiger partial charge in [0, 0.05) is 29.8 Å². The number of nitrogens with one attached hydrogen (secondary N) is 1. The van der Waals surface area contributed by atoms with Gasteiger partial charge in [-0.25, -0.2) is 4.39 Å². The van der Waals surface area contributed by atoms with E-state index >= 15 is 4.39 Å². The molecule has 3 aromatic rings. The molecule has 244 valence electrons. The van der Waals surface area contributed by atoms with E-state index in [0.29, 0.717) is 55.4 Å². The predicted molar refractivity (Wildman–Crippen MR) is 181 cm³/mol. The highest BCUT2D eigenvalue weighted by Gasteiger charge is 2.37. The minimum atomic E-state index is -1.10. The van der Waals surface area contributed by atoms with Crippen LogP contribution in [0.5, 0.6) is 11.8 Å². The van der Waals surface area contributed by atoms with E-state index in [2.05, 4.69) is 5.32 Å². The molecule has 1 aromatic heterocycles. The lowest BCUT2D eigenvalue weighted by Gasteiger charge is -2.34. The van der Waals surface area contributed by atoms with Gasteiger partial charge < -0.3 is 29.9 Å². The van der Waals surface area contributed by atoms with Gasteiger partial charge in [-0.2, -0.15) is 9.97 Å². The molecule has 0 spiro atoms. The number of benzene rings is 2. The Morgan fingerprint density at radius 1 is 1.28 bits per heavy atom. The molecule has 9 nitrogen and oxygen atoms in total. The van der Waals surface area contributed by atoms with Crippen molar-refractivity contribution in [1.29, 1.82) is 0 Å². The zero-order chi connectivity index (χ0) is 32.7. The van der Waals surface area contributed by atoms with E-state index in [1.807, 2.05) is 45.6 Å². The molecule has 6 rings (SSSR count). The van der Waals surface area contributed by atoms with Gasteiger partial charge in [-0.15, -0.1) is 0 Å². The van der Waals surface area contributed by atoms with E-state index in [0.717, 1.165) is 51.7 Å². The summed E-state index contributed by atoms with van der Waals surface area (Å²) in [5.41, 5.74) is 4.77. The summed E-state index contributed by atoms with van der Waals surface area (Å²) in [7, 11) is 0. The Morgan fingerprint density at radius 3 is 2.74 bits per heavy atom. The number of aromatic hydroxyl groups is 1. The molecule has 10 heteroatoms. The number of phenols is 1. The standard InChI is InChI=1S/C36H44FN5O4/c1-7-25-28(37)10-9-22-15-24(43)16-27(30(22)25)29-21(5)32-31(26(8-2)33(29)39-20(3)4)34(42-13-14-45-19-36(6,44)18-42)41-35(40-32)46-17-23-11-12-38-23/h8-10,15-16,20,23,38,43-44H,7,11-14,17-19H2,1-6H3/b26-8-,39-33?. The van der Waals surface area contributed by atoms with Crippen molar-refractivity contribution in [3.63, 3.8) is 0 Å². The molecular formula is C36H44FN5O4. The summed E-state index contributed by atoms with van der Waals surface area (Å²) in [6.45, 7) is 14.6. The number of aliphatic imine (C=N–C) groups is 1. The Bertz CT molecular complexity index is 1760. The topological polar surface area (TPSA) is 112 Å². The molecule has 0 saturated carbocycles. The first-order chi connectivity index (χ1) is 22.0. The van der Waals surface area contributed by atoms with Crippen molar-refractivity contribution in [2.45, 2.75) is 72.1 Å². The van der Waals surface area contributed by atoms with E-state index in [1.54, 1.807) is 25.1 Å². The molecule has 2 atom stereocenters. The zero-order valence-electron chi connectivity index (χ0n) is 27.6. The van der Waals surface area contributed by atoms with Gasteiger partial charge in [0.15, 0.2) is 0 Å². The van der Waals surface area contributed by atoms with Crippen LogP contribution < -0.4 is 15.0 Å². The lowest BCUT2D eigenvalue weighted by molar-refractivity contribution is -0.0123. The SMILES string of the molecule is C/C=C1\C(=NC(C)C)C(c2cc(O)cc3ccc(F)c(CC)c23)=C(C)c2nc(OCC3CCN3)nc(N3CCOCC(C)(O)C3)c21. The molecule has 3 aliphatic rings. The van der Waals surface area contributed by atoms with Crippen molar-refractivity contribution in [2.24, 2.45) is 4.99 Å². The van der Waals surface area contributed by atoms with Gasteiger partial charge in [0.25, 0.3) is 0 Å². The second-order valence-corrected chi connectivity index (χ2v) is 13.0. The van der Waals surface area contributed by atoms with Crippen LogP contribution in [0.1, 0.15) is 70.3 Å². The largest absolute Gasteiger partial charge is 0.508 e. The van der Waals surface area contributed by atoms with Gasteiger partial charge in [-0.1, -0.05) is 19.1 Å². The average Bonchev–Trinajstić information content (AvgIpc) is 3.16. The van der Waals surface area contributed by atoms with Crippen molar-refractivity contribution >= 4 is 39.0 Å². The van der Waals surface area contributed by atoms with Gasteiger partial charge >= 0.3 is 6.01 Å². The fraction of sp³-hybridized carbons (Fsp3) is 0.472. The quantitative estimate of drug-likeness (QED) is 0.312. The van der Waals surface area contributed by atoms with Gasteiger partial charge in [0.1, 0.15) is 29.6 Å². The molecule has 0 amide bonds. The average molecular weight is 630 g/mol. The van der Waals surface area contributed by atoms with Crippen LogP contribution in [0.3, 0.4) is 0 Å². The highest BCUT2D eigenvalue weighted by atomic mass is 19.1. The maximum Gasteiger partial charge on any atom is 0.319 e. The van der Waals surface area contributed by atoms with Gasteiger partial charge in [0.2, 0.25) is 0 Å². The highest BCUT2D eigenvalue weighted by molar-refractivity contribution is 6.51. The molecule has 0 radical (unpaired) electrons. The Balaban J connectivity index is 1.67. The molecule has 2 saturated heterocycles. The molecule has 2 aromatic carbocycles. The Labute approximate surface area is 269 Å². The number of aromatic nitrogens is 2. The fourth-order valence-corrected chi connectivity index (χ4v) is 6.69. The van der Waals surface area contributed by atoms with Crippen LogP contribution in [-0.4, -0.2) is 83.0 Å². The molecule has 3 heterocycles. The predicted octanol–water partition coefficient (Wildman–Crippen LogP) is 5.56. The van der Waals surface area contributed by atoms with E-state index in [-0.39, 0.29) is 36.3 Å². The number of aryl methyl sites for hydroxylation is 1. The summed E-state index contributed by atoms with van der Waals surface area (Å²) in [5.74, 6) is 0.432. The maximum absolute atomic E-state index is 15.3. The second kappa shape index (κ2) is 12.7. The van der Waals surface area contributed by atoms with E-state index in [4.69, 9.17) is 24.4 Å². The fourth-order valence-electron chi connectivity index (χ4n) is 6.69. The van der Waals surface area contributed by atoms with E-state index < -0.39 is 5.60 Å². The summed E-state index contributed by atoms with van der Waals surface area (Å²) in [6, 6.07) is 6.96. The van der Waals surface area contributed by atoms with E-state index in [1.165, 1.54) is 6.07 Å². The Morgan fingerprint density at radius 2 is 2.07 bits per heavy atom. The minimum absolute atomic E-state index is 0.0745. The normalized spacial score (nSPS) is 23.7. The molecule has 0 bridgehead atoms. The number of aliphatic hydroxyl groups is 1. The summed E-state index contributed by atoms with van der Waals surface area (Å²) < 4.78 is 27.3. The number of allylic oxidation sites excluding steroid dienone is 4. The molecule has 3 N–H and O–H groups in total. The summed E-state index contributed by atoms with van der Waals surface area (Å²) >= 11 is 0. The van der Waals surface area contributed by atoms with Crippen LogP contribution in [0.25, 0.3) is 27.5 Å². The van der Waals surface area contributed by atoms with Crippen LogP contribution in [-0.2, 0) is 11.2 Å². The van der Waals surface area contributed by atoms with Crippen molar-refractivity contribution in [1.82, 2.24) is 15.3 Å². The van der Waals surface area contributed by atoms with Gasteiger partial charge in [-0.05, 0) is 99.7 Å². The van der Waals surface area contributed by atoms with Crippen LogP contribution in [0, 0.1) is 5.82 Å². The van der Waals surface area contributed by atoms with E-state index in [9.17, 15) is 10.2 Å². The van der Waals surface area contributed by atoms with Crippen molar-refractivity contribution < 1.29 is 24.1 Å². The third-order valence-corrected chi connectivity index (χ3v) is 8.90. The van der Waals surface area contributed by atoms with Crippen molar-refractivity contribution in [3.05, 3.63) is 58.5 Å². The summed E-state index contributed by atoms with van der Waals surface area (Å²) in [5, 5.41) is 27.0. The van der Waals surface area contributed by atoms with Crippen LogP contribution >= 0.6 is 0 Å². The van der Waals surface area contributed by atoms with Crippen LogP contribution in [0.2, 0.25) is 0 Å². The molecule has 2 fully saturated rings. The number of β-amino-alcohol motifs (C(OH)–C–C–N with tert-alkyl or cyclic N) is 1. The number of hydrogen-bond acceptors (Lipinski definition) is 9. The van der Waals surface area contributed by atoms with Gasteiger partial charge in [-0.3, -0.25) is 4.99 Å². The first-order valence-corrected chi connectivity index (χ1v) is 16.3. The number of halogens is 1. The summed E-state index contributed by atoms with van der Waals surface area (Å²) in [6.07, 6.45) is 3.51. The smallest absolute Gasteiger partial charge is 0.319 e. The second-order valence-electron chi connectivity index (χ2n) is 13.0. The van der Waals surface area contributed by atoms with Crippen LogP contribution in [0.4, 0.5) is 10.2 Å². The zero-order valence-corrected chi connectivity index (χ0v) is 27.6. The molecule has 2 unspecified atom stereocenters. The van der Waals surface area contributed by atoms with Gasteiger partial charge in [0.05, 0.1) is 36.7 Å². The summed E-state index contributed by atoms with van der Waals surface area (Å²) in [4.78, 5) is 17.2. The number of anilines is 1. The number of hydrogen-bond donors (Lipinski definition) is 3. The highest BCUT2D eigenvalue weighted by Crippen LogP contribution is 2.47. The molecule has 46 heavy (non-hydrogen) atoms.